The van der Waals surface area contributed by atoms with E-state index in [9.17, 15) is 39.5 Å². The lowest BCUT2D eigenvalue weighted by molar-refractivity contribution is -0.287. The highest BCUT2D eigenvalue weighted by Gasteiger charge is 2.75. The summed E-state index contributed by atoms with van der Waals surface area (Å²) in [5, 5.41) is 0. The van der Waals surface area contributed by atoms with Crippen molar-refractivity contribution in [3.63, 3.8) is 0 Å². The Kier molecular flexibility index (Phi) is 6.74. The molecule has 11 heteroatoms. The molecule has 1 unspecified atom stereocenters. The first kappa shape index (κ1) is 34.3. The van der Waals surface area contributed by atoms with E-state index in [0.717, 1.165) is 40.5 Å². The molecule has 54 heavy (non-hydrogen) atoms. The van der Waals surface area contributed by atoms with Gasteiger partial charge in [0.15, 0.2) is 0 Å². The van der Waals surface area contributed by atoms with E-state index >= 15 is 0 Å². The van der Waals surface area contributed by atoms with Gasteiger partial charge >= 0.3 is 18.5 Å². The van der Waals surface area contributed by atoms with Gasteiger partial charge in [-0.25, -0.2) is 9.97 Å². The zero-order valence-electron chi connectivity index (χ0n) is 28.7. The third-order valence-corrected chi connectivity index (χ3v) is 11.7. The third kappa shape index (κ3) is 4.21. The smallest absolute Gasteiger partial charge is 0.247 e. The number of fused-ring (bicyclic) bond motifs is 9. The van der Waals surface area contributed by atoms with Gasteiger partial charge in [0.2, 0.25) is 5.41 Å². The van der Waals surface area contributed by atoms with Crippen LogP contribution in [0.1, 0.15) is 54.2 Å². The summed E-state index contributed by atoms with van der Waals surface area (Å²) in [7, 11) is 0. The van der Waals surface area contributed by atoms with Crippen LogP contribution in [-0.4, -0.2) is 28.5 Å². The van der Waals surface area contributed by atoms with Gasteiger partial charge in [-0.3, -0.25) is 0 Å². The highest BCUT2D eigenvalue weighted by atomic mass is 19.4. The zero-order chi connectivity index (χ0) is 38.4. The molecule has 1 atom stereocenters. The van der Waals surface area contributed by atoms with Gasteiger partial charge < -0.3 is 0 Å². The average Bonchev–Trinajstić information content (AvgIpc) is 3.67. The maximum atomic E-state index is 14.6. The summed E-state index contributed by atoms with van der Waals surface area (Å²) in [6.45, 7) is 5.18. The van der Waals surface area contributed by atoms with E-state index in [-0.39, 0.29) is 33.8 Å². The Morgan fingerprint density at radius 2 is 0.852 bits per heavy atom. The normalized spacial score (nSPS) is 18.7. The predicted molar refractivity (Wildman–Crippen MR) is 187 cm³/mol. The van der Waals surface area contributed by atoms with E-state index in [0.29, 0.717) is 22.4 Å². The standard InChI is InChI=1S/C43H27F9N2/c1-38(2)32-20-22(34-18-16-30-36(53-34)26-8-4-6-10-28(26)39(30,3)41(44,45)46)12-14-24(32)25-15-13-23(21-33(25)38)35-19-17-31-37(54-35)27-9-5-7-11-29(27)40(31,42(47,48)49)43(50,51)52/h4-21H,1-3H3. The summed E-state index contributed by atoms with van der Waals surface area (Å²) in [6.07, 6.45) is -15.9. The molecule has 0 amide bonds. The zero-order valence-corrected chi connectivity index (χ0v) is 28.7. The van der Waals surface area contributed by atoms with Crippen LogP contribution in [0.5, 0.6) is 0 Å². The molecule has 0 bridgehead atoms. The fourth-order valence-corrected chi connectivity index (χ4v) is 8.92. The second-order valence-electron chi connectivity index (χ2n) is 14.8. The number of hydrogen-bond acceptors (Lipinski definition) is 2. The lowest BCUT2D eigenvalue weighted by Crippen LogP contribution is -2.53. The van der Waals surface area contributed by atoms with Gasteiger partial charge in [0.25, 0.3) is 0 Å². The number of pyridine rings is 2. The van der Waals surface area contributed by atoms with Gasteiger partial charge in [0.05, 0.1) is 22.8 Å². The van der Waals surface area contributed by atoms with Crippen LogP contribution in [0.3, 0.4) is 0 Å². The van der Waals surface area contributed by atoms with Gasteiger partial charge in [0, 0.05) is 33.2 Å². The largest absolute Gasteiger partial charge is 0.411 e. The molecule has 0 N–H and O–H groups in total. The Labute approximate surface area is 303 Å². The van der Waals surface area contributed by atoms with Crippen molar-refractivity contribution in [1.29, 1.82) is 0 Å². The summed E-state index contributed by atoms with van der Waals surface area (Å²) in [5.74, 6) is 0. The van der Waals surface area contributed by atoms with Gasteiger partial charge in [-0.05, 0) is 70.1 Å². The molecule has 2 nitrogen and oxygen atoms in total. The van der Waals surface area contributed by atoms with Gasteiger partial charge in [0.1, 0.15) is 5.41 Å². The van der Waals surface area contributed by atoms with E-state index in [1.165, 1.54) is 37.3 Å². The summed E-state index contributed by atoms with van der Waals surface area (Å²) in [6, 6.07) is 27.5. The first-order chi connectivity index (χ1) is 25.3. The molecule has 272 valence electrons. The highest BCUT2D eigenvalue weighted by molar-refractivity contribution is 5.87. The molecule has 0 spiro atoms. The molecule has 3 aliphatic carbocycles. The Morgan fingerprint density at radius 3 is 1.35 bits per heavy atom. The minimum absolute atomic E-state index is 0.0903. The molecule has 2 aromatic heterocycles. The van der Waals surface area contributed by atoms with Crippen LogP contribution >= 0.6 is 0 Å². The van der Waals surface area contributed by atoms with Crippen molar-refractivity contribution >= 4 is 0 Å². The first-order valence-corrected chi connectivity index (χ1v) is 17.0. The second-order valence-corrected chi connectivity index (χ2v) is 14.8. The summed E-state index contributed by atoms with van der Waals surface area (Å²) in [5.41, 5.74) is -3.02. The van der Waals surface area contributed by atoms with Crippen molar-refractivity contribution in [1.82, 2.24) is 9.97 Å². The summed E-state index contributed by atoms with van der Waals surface area (Å²) >= 11 is 0. The number of hydrogen-bond donors (Lipinski definition) is 0. The highest BCUT2D eigenvalue weighted by Crippen LogP contribution is 2.63. The maximum absolute atomic E-state index is 14.6. The Morgan fingerprint density at radius 1 is 0.407 bits per heavy atom. The molecule has 0 saturated heterocycles. The number of rotatable bonds is 2. The van der Waals surface area contributed by atoms with Gasteiger partial charge in [-0.15, -0.1) is 0 Å². The molecule has 6 aromatic rings. The molecule has 4 aromatic carbocycles. The van der Waals surface area contributed by atoms with Crippen molar-refractivity contribution in [3.05, 3.63) is 143 Å². The number of nitrogens with zero attached hydrogens (tertiary/aromatic N) is 2. The van der Waals surface area contributed by atoms with Crippen LogP contribution in [0.2, 0.25) is 0 Å². The van der Waals surface area contributed by atoms with Gasteiger partial charge in [-0.1, -0.05) is 98.8 Å². The van der Waals surface area contributed by atoms with E-state index in [2.05, 4.69) is 4.98 Å². The minimum Gasteiger partial charge on any atom is -0.247 e. The van der Waals surface area contributed by atoms with Crippen molar-refractivity contribution in [2.75, 3.05) is 0 Å². The van der Waals surface area contributed by atoms with E-state index in [4.69, 9.17) is 4.98 Å². The topological polar surface area (TPSA) is 25.8 Å². The second kappa shape index (κ2) is 10.6. The lowest BCUT2D eigenvalue weighted by atomic mass is 9.76. The van der Waals surface area contributed by atoms with E-state index in [1.807, 2.05) is 44.2 Å². The van der Waals surface area contributed by atoms with Crippen molar-refractivity contribution in [2.45, 2.75) is 55.5 Å². The number of benzene rings is 4. The summed E-state index contributed by atoms with van der Waals surface area (Å²) in [4.78, 5) is 9.24. The monoisotopic (exact) mass is 742 g/mol. The maximum Gasteiger partial charge on any atom is 0.411 e. The number of aromatic nitrogens is 2. The quantitative estimate of drug-likeness (QED) is 0.165. The number of halogens is 9. The molecule has 0 radical (unpaired) electrons. The molecule has 3 aliphatic rings. The van der Waals surface area contributed by atoms with Crippen LogP contribution in [0, 0.1) is 0 Å². The van der Waals surface area contributed by atoms with Gasteiger partial charge in [-0.2, -0.15) is 39.5 Å². The average molecular weight is 743 g/mol. The van der Waals surface area contributed by atoms with Crippen LogP contribution in [-0.2, 0) is 16.2 Å². The molecule has 0 saturated carbocycles. The molecular formula is C43H27F9N2. The minimum atomic E-state index is -5.68. The molecular weight excluding hydrogens is 715 g/mol. The predicted octanol–water partition coefficient (Wildman–Crippen LogP) is 12.4. The first-order valence-electron chi connectivity index (χ1n) is 17.0. The van der Waals surface area contributed by atoms with Crippen LogP contribution in [0.4, 0.5) is 39.5 Å². The third-order valence-electron chi connectivity index (χ3n) is 11.7. The molecule has 2 heterocycles. The molecule has 0 fully saturated rings. The van der Waals surface area contributed by atoms with Crippen molar-refractivity contribution in [2.24, 2.45) is 0 Å². The lowest BCUT2D eigenvalue weighted by Gasteiger charge is -2.35. The molecule has 0 aliphatic heterocycles. The van der Waals surface area contributed by atoms with Crippen molar-refractivity contribution in [3.8, 4) is 56.2 Å². The fourth-order valence-electron chi connectivity index (χ4n) is 8.92. The summed E-state index contributed by atoms with van der Waals surface area (Å²) < 4.78 is 131. The van der Waals surface area contributed by atoms with Crippen LogP contribution in [0.25, 0.3) is 56.2 Å². The van der Waals surface area contributed by atoms with E-state index < -0.39 is 45.9 Å². The Hall–Kier alpha value is -5.45. The van der Waals surface area contributed by atoms with E-state index in [1.54, 1.807) is 30.3 Å². The number of alkyl halides is 9. The molecule has 9 rings (SSSR count). The van der Waals surface area contributed by atoms with Crippen molar-refractivity contribution < 1.29 is 39.5 Å². The Balaban J connectivity index is 1.11. The Bertz CT molecular complexity index is 2560. The SMILES string of the molecule is CC1(C)c2cc(-c3ccc4c(n3)-c3ccccc3C4(C)C(F)(F)F)ccc2-c2ccc(-c3ccc4c(n3)-c3ccccc3C4(C(F)(F)F)C(F)(F)F)cc21. The van der Waals surface area contributed by atoms with Crippen LogP contribution < -0.4 is 0 Å². The fraction of sp³-hybridized carbons (Fsp3) is 0.209. The van der Waals surface area contributed by atoms with Crippen LogP contribution in [0.15, 0.2) is 109 Å².